The average molecular weight is 235 g/mol. The monoisotopic (exact) mass is 235 g/mol. The van der Waals surface area contributed by atoms with Crippen LogP contribution in [-0.4, -0.2) is 16.8 Å². The van der Waals surface area contributed by atoms with E-state index in [2.05, 4.69) is 30.0 Å². The van der Waals surface area contributed by atoms with Gasteiger partial charge in [-0.15, -0.1) is 0 Å². The molecule has 0 bridgehead atoms. The van der Waals surface area contributed by atoms with E-state index in [-0.39, 0.29) is 0 Å². The standard InChI is InChI=1S/C14H25N3/c1-4-12-7-5-6-8-14(12)17-10-13(9-15-3)11(2)16-17/h10,12,14-15H,4-9H2,1-3H3. The van der Waals surface area contributed by atoms with Crippen molar-refractivity contribution in [3.63, 3.8) is 0 Å². The van der Waals surface area contributed by atoms with Crippen LogP contribution in [-0.2, 0) is 6.54 Å². The van der Waals surface area contributed by atoms with Gasteiger partial charge in [0, 0.05) is 18.3 Å². The molecule has 1 aromatic heterocycles. The highest BCUT2D eigenvalue weighted by molar-refractivity contribution is 5.15. The van der Waals surface area contributed by atoms with Gasteiger partial charge in [-0.25, -0.2) is 0 Å². The van der Waals surface area contributed by atoms with Gasteiger partial charge >= 0.3 is 0 Å². The van der Waals surface area contributed by atoms with Crippen molar-refractivity contribution < 1.29 is 0 Å². The van der Waals surface area contributed by atoms with Gasteiger partial charge in [0.2, 0.25) is 0 Å². The molecule has 1 aliphatic rings. The number of hydrogen-bond donors (Lipinski definition) is 1. The van der Waals surface area contributed by atoms with Crippen molar-refractivity contribution in [1.82, 2.24) is 15.1 Å². The predicted molar refractivity (Wildman–Crippen MR) is 71.0 cm³/mol. The summed E-state index contributed by atoms with van der Waals surface area (Å²) in [6, 6.07) is 0.637. The highest BCUT2D eigenvalue weighted by Crippen LogP contribution is 2.35. The number of nitrogens with zero attached hydrogens (tertiary/aromatic N) is 2. The first-order chi connectivity index (χ1) is 8.26. The van der Waals surface area contributed by atoms with Gasteiger partial charge < -0.3 is 5.32 Å². The zero-order valence-corrected chi connectivity index (χ0v) is 11.4. The van der Waals surface area contributed by atoms with Crippen molar-refractivity contribution in [3.05, 3.63) is 17.5 Å². The normalized spacial score (nSPS) is 25.1. The molecule has 1 heterocycles. The molecule has 0 aromatic carbocycles. The van der Waals surface area contributed by atoms with E-state index in [1.165, 1.54) is 43.4 Å². The van der Waals surface area contributed by atoms with Gasteiger partial charge in [0.05, 0.1) is 11.7 Å². The summed E-state index contributed by atoms with van der Waals surface area (Å²) in [5, 5.41) is 7.94. The summed E-state index contributed by atoms with van der Waals surface area (Å²) in [6.45, 7) is 5.36. The van der Waals surface area contributed by atoms with Crippen LogP contribution in [0.15, 0.2) is 6.20 Å². The molecule has 17 heavy (non-hydrogen) atoms. The van der Waals surface area contributed by atoms with Gasteiger partial charge in [-0.05, 0) is 32.7 Å². The number of aromatic nitrogens is 2. The SMILES string of the molecule is CCC1CCCCC1n1cc(CNC)c(C)n1. The molecular weight excluding hydrogens is 210 g/mol. The largest absolute Gasteiger partial charge is 0.316 e. The summed E-state index contributed by atoms with van der Waals surface area (Å²) in [6.07, 6.45) is 8.98. The quantitative estimate of drug-likeness (QED) is 0.869. The van der Waals surface area contributed by atoms with Gasteiger partial charge in [0.1, 0.15) is 0 Å². The van der Waals surface area contributed by atoms with Crippen molar-refractivity contribution in [3.8, 4) is 0 Å². The number of aryl methyl sites for hydroxylation is 1. The first kappa shape index (κ1) is 12.6. The Morgan fingerprint density at radius 1 is 1.41 bits per heavy atom. The second kappa shape index (κ2) is 5.67. The van der Waals surface area contributed by atoms with Crippen LogP contribution in [0.1, 0.15) is 56.3 Å². The lowest BCUT2D eigenvalue weighted by molar-refractivity contribution is 0.217. The maximum absolute atomic E-state index is 4.73. The van der Waals surface area contributed by atoms with Crippen LogP contribution in [0.3, 0.4) is 0 Å². The fourth-order valence-corrected chi connectivity index (χ4v) is 3.07. The van der Waals surface area contributed by atoms with Crippen LogP contribution in [0.2, 0.25) is 0 Å². The molecule has 2 unspecified atom stereocenters. The molecule has 0 amide bonds. The fourth-order valence-electron chi connectivity index (χ4n) is 3.07. The maximum Gasteiger partial charge on any atom is 0.0638 e. The molecule has 1 fully saturated rings. The van der Waals surface area contributed by atoms with Crippen LogP contribution < -0.4 is 5.32 Å². The Morgan fingerprint density at radius 3 is 2.88 bits per heavy atom. The summed E-state index contributed by atoms with van der Waals surface area (Å²) in [5.74, 6) is 0.825. The third-order valence-electron chi connectivity index (χ3n) is 4.12. The van der Waals surface area contributed by atoms with Crippen LogP contribution >= 0.6 is 0 Å². The molecule has 3 heteroatoms. The van der Waals surface area contributed by atoms with Crippen molar-refractivity contribution in [2.75, 3.05) is 7.05 Å². The molecule has 1 aliphatic carbocycles. The Balaban J connectivity index is 2.17. The molecule has 1 saturated carbocycles. The molecule has 2 rings (SSSR count). The molecular formula is C14H25N3. The number of nitrogens with one attached hydrogen (secondary N) is 1. The Hall–Kier alpha value is -0.830. The van der Waals surface area contributed by atoms with Crippen LogP contribution in [0.4, 0.5) is 0 Å². The highest BCUT2D eigenvalue weighted by atomic mass is 15.3. The summed E-state index contributed by atoms with van der Waals surface area (Å²) < 4.78 is 2.25. The molecule has 0 radical (unpaired) electrons. The molecule has 1 N–H and O–H groups in total. The lowest BCUT2D eigenvalue weighted by Crippen LogP contribution is -2.23. The summed E-state index contributed by atoms with van der Waals surface area (Å²) in [5.41, 5.74) is 2.52. The molecule has 0 spiro atoms. The van der Waals surface area contributed by atoms with E-state index in [1.54, 1.807) is 0 Å². The highest BCUT2D eigenvalue weighted by Gasteiger charge is 2.26. The fraction of sp³-hybridized carbons (Fsp3) is 0.786. The van der Waals surface area contributed by atoms with Gasteiger partial charge in [0.15, 0.2) is 0 Å². The molecule has 0 saturated heterocycles. The molecule has 3 nitrogen and oxygen atoms in total. The molecule has 2 atom stereocenters. The summed E-state index contributed by atoms with van der Waals surface area (Å²) >= 11 is 0. The maximum atomic E-state index is 4.73. The molecule has 0 aliphatic heterocycles. The first-order valence-electron chi connectivity index (χ1n) is 6.95. The van der Waals surface area contributed by atoms with E-state index >= 15 is 0 Å². The van der Waals surface area contributed by atoms with Gasteiger partial charge in [-0.1, -0.05) is 26.2 Å². The summed E-state index contributed by atoms with van der Waals surface area (Å²) in [4.78, 5) is 0. The average Bonchev–Trinajstić information content (AvgIpc) is 2.71. The lowest BCUT2D eigenvalue weighted by Gasteiger charge is -2.31. The zero-order chi connectivity index (χ0) is 12.3. The minimum Gasteiger partial charge on any atom is -0.316 e. The number of rotatable bonds is 4. The smallest absolute Gasteiger partial charge is 0.0638 e. The summed E-state index contributed by atoms with van der Waals surface area (Å²) in [7, 11) is 1.99. The predicted octanol–water partition coefficient (Wildman–Crippen LogP) is 3.05. The lowest BCUT2D eigenvalue weighted by atomic mass is 9.83. The van der Waals surface area contributed by atoms with Gasteiger partial charge in [0.25, 0.3) is 0 Å². The third-order valence-corrected chi connectivity index (χ3v) is 4.12. The Kier molecular flexibility index (Phi) is 4.21. The van der Waals surface area contributed by atoms with Gasteiger partial charge in [-0.3, -0.25) is 4.68 Å². The van der Waals surface area contributed by atoms with Gasteiger partial charge in [-0.2, -0.15) is 5.10 Å². The van der Waals surface area contributed by atoms with E-state index in [0.29, 0.717) is 6.04 Å². The third kappa shape index (κ3) is 2.71. The Labute approximate surface area is 105 Å². The van der Waals surface area contributed by atoms with E-state index in [1.807, 2.05) is 7.05 Å². The Bertz CT molecular complexity index is 356. The van der Waals surface area contributed by atoms with E-state index in [4.69, 9.17) is 5.10 Å². The second-order valence-electron chi connectivity index (χ2n) is 5.27. The van der Waals surface area contributed by atoms with Crippen molar-refractivity contribution in [2.24, 2.45) is 5.92 Å². The minimum absolute atomic E-state index is 0.637. The van der Waals surface area contributed by atoms with E-state index in [0.717, 1.165) is 12.5 Å². The molecule has 96 valence electrons. The minimum atomic E-state index is 0.637. The van der Waals surface area contributed by atoms with Crippen molar-refractivity contribution in [2.45, 2.75) is 58.5 Å². The van der Waals surface area contributed by atoms with E-state index < -0.39 is 0 Å². The van der Waals surface area contributed by atoms with Crippen molar-refractivity contribution >= 4 is 0 Å². The second-order valence-corrected chi connectivity index (χ2v) is 5.27. The zero-order valence-electron chi connectivity index (χ0n) is 11.4. The van der Waals surface area contributed by atoms with Crippen LogP contribution in [0.5, 0.6) is 0 Å². The van der Waals surface area contributed by atoms with Crippen LogP contribution in [0.25, 0.3) is 0 Å². The first-order valence-corrected chi connectivity index (χ1v) is 6.95. The van der Waals surface area contributed by atoms with E-state index in [9.17, 15) is 0 Å². The van der Waals surface area contributed by atoms with Crippen LogP contribution in [0, 0.1) is 12.8 Å². The van der Waals surface area contributed by atoms with Crippen molar-refractivity contribution in [1.29, 1.82) is 0 Å². The topological polar surface area (TPSA) is 29.9 Å². The Morgan fingerprint density at radius 2 is 2.18 bits per heavy atom. The number of hydrogen-bond acceptors (Lipinski definition) is 2. The molecule has 1 aromatic rings.